The van der Waals surface area contributed by atoms with Gasteiger partial charge in [0.1, 0.15) is 23.1 Å². The highest BCUT2D eigenvalue weighted by Crippen LogP contribution is 2.38. The molecule has 0 spiro atoms. The van der Waals surface area contributed by atoms with Gasteiger partial charge in [-0.25, -0.2) is 23.9 Å². The summed E-state index contributed by atoms with van der Waals surface area (Å²) >= 11 is 0. The minimum Gasteiger partial charge on any atom is -0.386 e. The van der Waals surface area contributed by atoms with Crippen LogP contribution >= 0.6 is 0 Å². The van der Waals surface area contributed by atoms with Gasteiger partial charge < -0.3 is 20.5 Å². The highest BCUT2D eigenvalue weighted by atomic mass is 19.1. The van der Waals surface area contributed by atoms with Crippen molar-refractivity contribution in [2.24, 2.45) is 5.92 Å². The van der Waals surface area contributed by atoms with Crippen molar-refractivity contribution >= 4 is 39.1 Å². The fraction of sp³-hybridized carbons (Fsp3) is 0.333. The van der Waals surface area contributed by atoms with Crippen LogP contribution in [0.5, 0.6) is 0 Å². The molecule has 2 fully saturated rings. The standard InChI is InChI=1S/C24H24FN9/c1-26-17-8-14(25)7-16-21-23(31-22(16)17)29-19(9-15-10-20-28-4-2-6-34(20)32-15)30-24(21)33-11-13-3-5-27-18(13)12-33/h2,4,6-8,10,13,18,26-27H,3,5,9,11-12H2,1H3,(H,29,30,31). The minimum absolute atomic E-state index is 0.287. The van der Waals surface area contributed by atoms with E-state index < -0.39 is 0 Å². The van der Waals surface area contributed by atoms with Gasteiger partial charge in [-0.1, -0.05) is 0 Å². The quantitative estimate of drug-likeness (QED) is 0.382. The lowest BCUT2D eigenvalue weighted by Gasteiger charge is -2.20. The monoisotopic (exact) mass is 457 g/mol. The van der Waals surface area contributed by atoms with Crippen LogP contribution in [0.1, 0.15) is 17.9 Å². The Kier molecular flexibility index (Phi) is 4.25. The number of hydrogen-bond donors (Lipinski definition) is 3. The summed E-state index contributed by atoms with van der Waals surface area (Å²) in [6.07, 6.45) is 5.28. The number of fused-ring (bicyclic) bond motifs is 5. The van der Waals surface area contributed by atoms with Gasteiger partial charge in [-0.05, 0) is 37.1 Å². The van der Waals surface area contributed by atoms with Gasteiger partial charge in [-0.3, -0.25) is 0 Å². The van der Waals surface area contributed by atoms with E-state index in [1.165, 1.54) is 12.5 Å². The smallest absolute Gasteiger partial charge is 0.155 e. The second-order valence-electron chi connectivity index (χ2n) is 9.19. The summed E-state index contributed by atoms with van der Waals surface area (Å²) in [5.74, 6) is 1.85. The zero-order valence-corrected chi connectivity index (χ0v) is 18.7. The van der Waals surface area contributed by atoms with Crippen molar-refractivity contribution in [2.45, 2.75) is 18.9 Å². The molecule has 5 aromatic rings. The van der Waals surface area contributed by atoms with E-state index >= 15 is 0 Å². The molecule has 2 saturated heterocycles. The molecular formula is C24H24FN9. The number of rotatable bonds is 4. The molecule has 1 aromatic carbocycles. The van der Waals surface area contributed by atoms with Crippen molar-refractivity contribution in [3.8, 4) is 0 Å². The van der Waals surface area contributed by atoms with Gasteiger partial charge >= 0.3 is 0 Å². The summed E-state index contributed by atoms with van der Waals surface area (Å²) in [4.78, 5) is 20.0. The van der Waals surface area contributed by atoms with Gasteiger partial charge in [0.2, 0.25) is 0 Å². The number of nitrogens with zero attached hydrogens (tertiary/aromatic N) is 6. The minimum atomic E-state index is -0.287. The maximum atomic E-state index is 14.5. The van der Waals surface area contributed by atoms with Gasteiger partial charge in [-0.15, -0.1) is 0 Å². The van der Waals surface area contributed by atoms with Crippen LogP contribution in [0.2, 0.25) is 0 Å². The lowest BCUT2D eigenvalue weighted by atomic mass is 10.1. The topological polar surface area (TPSA) is 99.1 Å². The molecule has 2 atom stereocenters. The number of anilines is 2. The first-order chi connectivity index (χ1) is 16.7. The number of hydrogen-bond acceptors (Lipinski definition) is 7. The second-order valence-corrected chi connectivity index (χ2v) is 9.19. The molecule has 3 N–H and O–H groups in total. The van der Waals surface area contributed by atoms with Gasteiger partial charge in [0.15, 0.2) is 5.65 Å². The molecule has 9 nitrogen and oxygen atoms in total. The fourth-order valence-electron chi connectivity index (χ4n) is 5.54. The van der Waals surface area contributed by atoms with E-state index in [1.54, 1.807) is 23.8 Å². The first kappa shape index (κ1) is 19.7. The SMILES string of the molecule is CNc1cc(F)cc2c1[nH]c1nc(Cc3cc4ncccn4n3)nc(N3CC4CCNC4C3)c12. The third kappa shape index (κ3) is 3.02. The average molecular weight is 458 g/mol. The van der Waals surface area contributed by atoms with E-state index in [9.17, 15) is 4.39 Å². The van der Waals surface area contributed by atoms with E-state index in [0.717, 1.165) is 53.1 Å². The molecule has 0 aliphatic carbocycles. The first-order valence-corrected chi connectivity index (χ1v) is 11.6. The molecule has 2 aliphatic heterocycles. The van der Waals surface area contributed by atoms with Gasteiger partial charge in [0, 0.05) is 50.0 Å². The van der Waals surface area contributed by atoms with Crippen LogP contribution in [-0.4, -0.2) is 62.3 Å². The number of H-pyrrole nitrogens is 1. The van der Waals surface area contributed by atoms with Crippen LogP contribution in [0, 0.1) is 11.7 Å². The number of halogens is 1. The molecule has 0 bridgehead atoms. The summed E-state index contributed by atoms with van der Waals surface area (Å²) in [6.45, 7) is 2.89. The van der Waals surface area contributed by atoms with Crippen LogP contribution in [0.3, 0.4) is 0 Å². The van der Waals surface area contributed by atoms with E-state index in [0.29, 0.717) is 35.5 Å². The average Bonchev–Trinajstić information content (AvgIpc) is 3.59. The molecule has 6 heterocycles. The van der Waals surface area contributed by atoms with Gasteiger partial charge in [0.25, 0.3) is 0 Å². The zero-order chi connectivity index (χ0) is 22.8. The molecule has 0 amide bonds. The fourth-order valence-corrected chi connectivity index (χ4v) is 5.54. The third-order valence-corrected chi connectivity index (χ3v) is 7.11. The predicted octanol–water partition coefficient (Wildman–Crippen LogP) is 2.72. The van der Waals surface area contributed by atoms with E-state index in [-0.39, 0.29) is 5.82 Å². The maximum absolute atomic E-state index is 14.5. The summed E-state index contributed by atoms with van der Waals surface area (Å²) in [6, 6.07) is 7.35. The Morgan fingerprint density at radius 2 is 2.15 bits per heavy atom. The summed E-state index contributed by atoms with van der Waals surface area (Å²) in [7, 11) is 1.79. The molecule has 4 aromatic heterocycles. The molecule has 2 aliphatic rings. The summed E-state index contributed by atoms with van der Waals surface area (Å²) in [5, 5.41) is 13.0. The van der Waals surface area contributed by atoms with Gasteiger partial charge in [-0.2, -0.15) is 5.10 Å². The zero-order valence-electron chi connectivity index (χ0n) is 18.7. The van der Waals surface area contributed by atoms with Crippen LogP contribution in [0.4, 0.5) is 15.9 Å². The Bertz CT molecular complexity index is 1510. The van der Waals surface area contributed by atoms with E-state index in [2.05, 4.69) is 30.6 Å². The Balaban J connectivity index is 1.40. The Morgan fingerprint density at radius 3 is 3.00 bits per heavy atom. The molecule has 10 heteroatoms. The Hall–Kier alpha value is -3.79. The molecule has 7 rings (SSSR count). The molecule has 34 heavy (non-hydrogen) atoms. The van der Waals surface area contributed by atoms with Crippen molar-refractivity contribution in [1.82, 2.24) is 34.9 Å². The maximum Gasteiger partial charge on any atom is 0.155 e. The van der Waals surface area contributed by atoms with Crippen molar-refractivity contribution in [3.63, 3.8) is 0 Å². The number of benzene rings is 1. The third-order valence-electron chi connectivity index (χ3n) is 7.11. The Morgan fingerprint density at radius 1 is 1.21 bits per heavy atom. The second kappa shape index (κ2) is 7.36. The molecular weight excluding hydrogens is 433 g/mol. The van der Waals surface area contributed by atoms with Crippen molar-refractivity contribution in [1.29, 1.82) is 0 Å². The normalized spacial score (nSPS) is 20.1. The molecule has 2 unspecified atom stereocenters. The van der Waals surface area contributed by atoms with Gasteiger partial charge in [0.05, 0.1) is 28.7 Å². The van der Waals surface area contributed by atoms with Crippen molar-refractivity contribution in [2.75, 3.05) is 36.9 Å². The number of aromatic nitrogens is 6. The highest BCUT2D eigenvalue weighted by Gasteiger charge is 2.37. The van der Waals surface area contributed by atoms with Crippen molar-refractivity contribution in [3.05, 3.63) is 54.0 Å². The number of nitrogens with one attached hydrogen (secondary N) is 3. The van der Waals surface area contributed by atoms with Crippen LogP contribution in [0.25, 0.3) is 27.6 Å². The molecule has 172 valence electrons. The summed E-state index contributed by atoms with van der Waals surface area (Å²) in [5.41, 5.74) is 3.89. The molecule has 0 radical (unpaired) electrons. The summed E-state index contributed by atoms with van der Waals surface area (Å²) < 4.78 is 16.3. The van der Waals surface area contributed by atoms with E-state index in [1.807, 2.05) is 18.3 Å². The predicted molar refractivity (Wildman–Crippen MR) is 129 cm³/mol. The van der Waals surface area contributed by atoms with Crippen LogP contribution < -0.4 is 15.5 Å². The van der Waals surface area contributed by atoms with Crippen molar-refractivity contribution < 1.29 is 4.39 Å². The van der Waals surface area contributed by atoms with Crippen LogP contribution in [0.15, 0.2) is 36.7 Å². The first-order valence-electron chi connectivity index (χ1n) is 11.6. The van der Waals surface area contributed by atoms with Crippen LogP contribution in [-0.2, 0) is 6.42 Å². The lowest BCUT2D eigenvalue weighted by molar-refractivity contribution is 0.556. The molecule has 0 saturated carbocycles. The Labute approximate surface area is 194 Å². The van der Waals surface area contributed by atoms with E-state index in [4.69, 9.17) is 9.97 Å². The highest BCUT2D eigenvalue weighted by molar-refractivity contribution is 6.14. The largest absolute Gasteiger partial charge is 0.386 e. The number of aromatic amines is 1. The lowest BCUT2D eigenvalue weighted by Crippen LogP contribution is -2.30.